The van der Waals surface area contributed by atoms with E-state index in [0.717, 1.165) is 43.3 Å². The molecule has 1 aliphatic heterocycles. The van der Waals surface area contributed by atoms with Gasteiger partial charge < -0.3 is 15.0 Å². The van der Waals surface area contributed by atoms with Crippen LogP contribution < -0.4 is 15.0 Å². The highest BCUT2D eigenvalue weighted by molar-refractivity contribution is 5.60. The number of nitrogens with one attached hydrogen (secondary N) is 1. The minimum atomic E-state index is 0.902. The molecule has 0 saturated carbocycles. The average Bonchev–Trinajstić information content (AvgIpc) is 2.30. The predicted octanol–water partition coefficient (Wildman–Crippen LogP) is 0.808. The lowest BCUT2D eigenvalue weighted by Gasteiger charge is -2.30. The zero-order valence-electron chi connectivity index (χ0n) is 9.29. The number of nitrogens with zero attached hydrogens (tertiary/aromatic N) is 2. The van der Waals surface area contributed by atoms with Crippen LogP contribution in [0.3, 0.4) is 0 Å². The molecule has 0 spiro atoms. The van der Waals surface area contributed by atoms with Gasteiger partial charge in [0.2, 0.25) is 0 Å². The van der Waals surface area contributed by atoms with Crippen molar-refractivity contribution in [2.75, 3.05) is 38.2 Å². The normalized spacial score (nSPS) is 16.5. The van der Waals surface area contributed by atoms with Gasteiger partial charge in [-0.1, -0.05) is 0 Å². The second kappa shape index (κ2) is 4.49. The van der Waals surface area contributed by atoms with Gasteiger partial charge >= 0.3 is 0 Å². The van der Waals surface area contributed by atoms with Crippen molar-refractivity contribution in [3.05, 3.63) is 18.0 Å². The largest absolute Gasteiger partial charge is 0.493 e. The summed E-state index contributed by atoms with van der Waals surface area (Å²) in [6, 6.07) is 2.02. The highest BCUT2D eigenvalue weighted by atomic mass is 16.5. The molecule has 0 aromatic carbocycles. The summed E-state index contributed by atoms with van der Waals surface area (Å²) in [6.45, 7) is 6.10. The Balaban J connectivity index is 2.29. The van der Waals surface area contributed by atoms with Gasteiger partial charge in [0.25, 0.3) is 0 Å². The molecule has 2 heterocycles. The monoisotopic (exact) mass is 207 g/mol. The third-order valence-electron chi connectivity index (χ3n) is 2.72. The summed E-state index contributed by atoms with van der Waals surface area (Å²) in [7, 11) is 1.70. The van der Waals surface area contributed by atoms with Crippen LogP contribution >= 0.6 is 0 Å². The van der Waals surface area contributed by atoms with Gasteiger partial charge in [0, 0.05) is 32.4 Å². The Bertz CT molecular complexity index is 335. The smallest absolute Gasteiger partial charge is 0.163 e. The van der Waals surface area contributed by atoms with Gasteiger partial charge in [-0.15, -0.1) is 0 Å². The highest BCUT2D eigenvalue weighted by Crippen LogP contribution is 2.29. The third-order valence-corrected chi connectivity index (χ3v) is 2.72. The first-order valence-electron chi connectivity index (χ1n) is 5.28. The van der Waals surface area contributed by atoms with Crippen molar-refractivity contribution in [2.24, 2.45) is 0 Å². The summed E-state index contributed by atoms with van der Waals surface area (Å²) < 4.78 is 5.40. The van der Waals surface area contributed by atoms with E-state index in [4.69, 9.17) is 4.74 Å². The second-order valence-corrected chi connectivity index (χ2v) is 3.69. The van der Waals surface area contributed by atoms with Crippen molar-refractivity contribution in [3.8, 4) is 5.75 Å². The summed E-state index contributed by atoms with van der Waals surface area (Å²) in [5, 5.41) is 3.34. The topological polar surface area (TPSA) is 37.4 Å². The number of pyridine rings is 1. The second-order valence-electron chi connectivity index (χ2n) is 3.69. The SMILES string of the molecule is COc1c(N2CCNCC2)ccnc1C. The number of methoxy groups -OCH3 is 1. The zero-order valence-corrected chi connectivity index (χ0v) is 9.29. The summed E-state index contributed by atoms with van der Waals surface area (Å²) in [5.41, 5.74) is 2.11. The molecule has 0 amide bonds. The molecule has 2 rings (SSSR count). The van der Waals surface area contributed by atoms with Crippen LogP contribution in [0.25, 0.3) is 0 Å². The summed E-state index contributed by atoms with van der Waals surface area (Å²) in [6.07, 6.45) is 1.84. The number of rotatable bonds is 2. The number of hydrogen-bond acceptors (Lipinski definition) is 4. The molecule has 1 aromatic rings. The summed E-state index contributed by atoms with van der Waals surface area (Å²) in [5.74, 6) is 0.902. The molecule has 82 valence electrons. The van der Waals surface area contributed by atoms with E-state index < -0.39 is 0 Å². The number of piperazine rings is 1. The molecule has 1 fully saturated rings. The lowest BCUT2D eigenvalue weighted by Crippen LogP contribution is -2.43. The van der Waals surface area contributed by atoms with Crippen LogP contribution in [0.1, 0.15) is 5.69 Å². The molecule has 4 heteroatoms. The summed E-state index contributed by atoms with van der Waals surface area (Å²) >= 11 is 0. The fourth-order valence-corrected chi connectivity index (χ4v) is 1.95. The van der Waals surface area contributed by atoms with Crippen LogP contribution in [0.2, 0.25) is 0 Å². The van der Waals surface area contributed by atoms with E-state index in [1.165, 1.54) is 0 Å². The Labute approximate surface area is 90.3 Å². The van der Waals surface area contributed by atoms with Gasteiger partial charge in [-0.2, -0.15) is 0 Å². The zero-order chi connectivity index (χ0) is 10.7. The Hall–Kier alpha value is -1.29. The molecule has 0 radical (unpaired) electrons. The molecular weight excluding hydrogens is 190 g/mol. The molecule has 0 aliphatic carbocycles. The van der Waals surface area contributed by atoms with E-state index in [1.807, 2.05) is 19.2 Å². The van der Waals surface area contributed by atoms with Crippen LogP contribution in [0.4, 0.5) is 5.69 Å². The van der Waals surface area contributed by atoms with E-state index in [2.05, 4.69) is 15.2 Å². The number of aromatic nitrogens is 1. The molecular formula is C11H17N3O. The fraction of sp³-hybridized carbons (Fsp3) is 0.545. The first kappa shape index (κ1) is 10.2. The third kappa shape index (κ3) is 2.04. The maximum atomic E-state index is 5.40. The predicted molar refractivity (Wildman–Crippen MR) is 60.6 cm³/mol. The van der Waals surface area contributed by atoms with E-state index >= 15 is 0 Å². The minimum Gasteiger partial charge on any atom is -0.493 e. The molecule has 0 bridgehead atoms. The van der Waals surface area contributed by atoms with Crippen molar-refractivity contribution in [3.63, 3.8) is 0 Å². The number of anilines is 1. The van der Waals surface area contributed by atoms with Gasteiger partial charge in [-0.25, -0.2) is 0 Å². The first-order chi connectivity index (χ1) is 7.33. The Morgan fingerprint density at radius 1 is 1.40 bits per heavy atom. The van der Waals surface area contributed by atoms with E-state index in [9.17, 15) is 0 Å². The highest BCUT2D eigenvalue weighted by Gasteiger charge is 2.16. The molecule has 0 atom stereocenters. The van der Waals surface area contributed by atoms with Crippen molar-refractivity contribution < 1.29 is 4.74 Å². The van der Waals surface area contributed by atoms with E-state index in [0.29, 0.717) is 0 Å². The molecule has 0 unspecified atom stereocenters. The number of ether oxygens (including phenoxy) is 1. The maximum absolute atomic E-state index is 5.40. The molecule has 1 saturated heterocycles. The standard InChI is InChI=1S/C11H17N3O/c1-9-11(15-2)10(3-4-13-9)14-7-5-12-6-8-14/h3-4,12H,5-8H2,1-2H3. The maximum Gasteiger partial charge on any atom is 0.163 e. The van der Waals surface area contributed by atoms with Gasteiger partial charge in [-0.3, -0.25) is 4.98 Å². The molecule has 1 aromatic heterocycles. The number of hydrogen-bond donors (Lipinski definition) is 1. The quantitative estimate of drug-likeness (QED) is 0.778. The van der Waals surface area contributed by atoms with Crippen molar-refractivity contribution >= 4 is 5.69 Å². The van der Waals surface area contributed by atoms with Crippen LogP contribution in [0, 0.1) is 6.92 Å². The van der Waals surface area contributed by atoms with Gasteiger partial charge in [-0.05, 0) is 13.0 Å². The molecule has 4 nitrogen and oxygen atoms in total. The average molecular weight is 207 g/mol. The Morgan fingerprint density at radius 3 is 2.80 bits per heavy atom. The fourth-order valence-electron chi connectivity index (χ4n) is 1.95. The Kier molecular flexibility index (Phi) is 3.06. The Morgan fingerprint density at radius 2 is 2.13 bits per heavy atom. The van der Waals surface area contributed by atoms with E-state index in [1.54, 1.807) is 7.11 Å². The minimum absolute atomic E-state index is 0.902. The van der Waals surface area contributed by atoms with Crippen molar-refractivity contribution in [2.45, 2.75) is 6.92 Å². The van der Waals surface area contributed by atoms with Crippen LogP contribution in [-0.2, 0) is 0 Å². The van der Waals surface area contributed by atoms with Crippen molar-refractivity contribution in [1.82, 2.24) is 10.3 Å². The van der Waals surface area contributed by atoms with Gasteiger partial charge in [0.1, 0.15) is 0 Å². The van der Waals surface area contributed by atoms with Crippen LogP contribution in [0.15, 0.2) is 12.3 Å². The molecule has 15 heavy (non-hydrogen) atoms. The van der Waals surface area contributed by atoms with Crippen LogP contribution in [0.5, 0.6) is 5.75 Å². The van der Waals surface area contributed by atoms with Gasteiger partial charge in [0.05, 0.1) is 18.5 Å². The van der Waals surface area contributed by atoms with Gasteiger partial charge in [0.15, 0.2) is 5.75 Å². The molecule has 1 aliphatic rings. The number of aryl methyl sites for hydroxylation is 1. The summed E-state index contributed by atoms with van der Waals surface area (Å²) in [4.78, 5) is 6.58. The molecule has 1 N–H and O–H groups in total. The lowest BCUT2D eigenvalue weighted by molar-refractivity contribution is 0.407. The van der Waals surface area contributed by atoms with E-state index in [-0.39, 0.29) is 0 Å². The van der Waals surface area contributed by atoms with Crippen LogP contribution in [-0.4, -0.2) is 38.3 Å². The first-order valence-corrected chi connectivity index (χ1v) is 5.28. The lowest BCUT2D eigenvalue weighted by atomic mass is 10.2. The van der Waals surface area contributed by atoms with Crippen molar-refractivity contribution in [1.29, 1.82) is 0 Å².